The Morgan fingerprint density at radius 2 is 1.69 bits per heavy atom. The van der Waals surface area contributed by atoms with Crippen molar-refractivity contribution in [1.82, 2.24) is 10.2 Å². The highest BCUT2D eigenvalue weighted by molar-refractivity contribution is 5.83. The quantitative estimate of drug-likeness (QED) is 0.813. The molecule has 1 saturated heterocycles. The Morgan fingerprint density at radius 3 is 2.28 bits per heavy atom. The van der Waals surface area contributed by atoms with E-state index in [4.69, 9.17) is 9.84 Å². The van der Waals surface area contributed by atoms with E-state index in [-0.39, 0.29) is 31.3 Å². The van der Waals surface area contributed by atoms with Crippen molar-refractivity contribution in [3.05, 3.63) is 59.7 Å². The van der Waals surface area contributed by atoms with Gasteiger partial charge >= 0.3 is 12.1 Å². The van der Waals surface area contributed by atoms with Crippen molar-refractivity contribution in [1.29, 1.82) is 0 Å². The molecule has 7 heteroatoms. The molecule has 150 valence electrons. The van der Waals surface area contributed by atoms with E-state index in [1.54, 1.807) is 7.05 Å². The maximum atomic E-state index is 12.4. The van der Waals surface area contributed by atoms with Crippen molar-refractivity contribution in [3.8, 4) is 11.1 Å². The first-order valence-electron chi connectivity index (χ1n) is 9.54. The smallest absolute Gasteiger partial charge is 0.407 e. The molecule has 2 amide bonds. The molecule has 2 aliphatic rings. The Balaban J connectivity index is 1.44. The number of aliphatic carboxylic acids is 1. The molecule has 0 spiro atoms. The number of hydrogen-bond acceptors (Lipinski definition) is 4. The molecule has 0 bridgehead atoms. The van der Waals surface area contributed by atoms with Gasteiger partial charge < -0.3 is 20.1 Å². The number of nitrogens with one attached hydrogen (secondary N) is 1. The number of amides is 2. The molecule has 0 unspecified atom stereocenters. The van der Waals surface area contributed by atoms with E-state index in [9.17, 15) is 14.4 Å². The minimum absolute atomic E-state index is 0.0594. The van der Waals surface area contributed by atoms with Gasteiger partial charge in [-0.05, 0) is 22.3 Å². The van der Waals surface area contributed by atoms with Crippen LogP contribution >= 0.6 is 0 Å². The van der Waals surface area contributed by atoms with Gasteiger partial charge in [0, 0.05) is 19.4 Å². The van der Waals surface area contributed by atoms with E-state index in [1.807, 2.05) is 36.4 Å². The second kappa shape index (κ2) is 7.58. The molecule has 1 aliphatic heterocycles. The lowest BCUT2D eigenvalue weighted by Gasteiger charge is -2.24. The summed E-state index contributed by atoms with van der Waals surface area (Å²) in [6.07, 6.45) is -0.801. The van der Waals surface area contributed by atoms with E-state index in [2.05, 4.69) is 17.4 Å². The van der Waals surface area contributed by atoms with E-state index in [0.29, 0.717) is 0 Å². The molecule has 7 nitrogen and oxygen atoms in total. The van der Waals surface area contributed by atoms with E-state index in [0.717, 1.165) is 22.3 Å². The van der Waals surface area contributed by atoms with Crippen LogP contribution in [0.2, 0.25) is 0 Å². The molecule has 1 fully saturated rings. The number of carboxylic acid groups (broad SMARTS) is 1. The highest BCUT2D eigenvalue weighted by Gasteiger charge is 2.40. The van der Waals surface area contributed by atoms with Crippen LogP contribution in [-0.2, 0) is 14.3 Å². The number of alkyl carbamates (subject to hydrolysis) is 1. The number of carbonyl (C=O) groups excluding carboxylic acids is 2. The Labute approximate surface area is 168 Å². The van der Waals surface area contributed by atoms with Crippen LogP contribution in [0.15, 0.2) is 48.5 Å². The molecule has 0 radical (unpaired) electrons. The molecule has 2 aromatic carbocycles. The van der Waals surface area contributed by atoms with Gasteiger partial charge in [-0.25, -0.2) is 4.79 Å². The van der Waals surface area contributed by atoms with Gasteiger partial charge in [0.05, 0.1) is 18.5 Å². The van der Waals surface area contributed by atoms with E-state index >= 15 is 0 Å². The molecular formula is C22H22N2O5. The first kappa shape index (κ1) is 19.0. The van der Waals surface area contributed by atoms with Crippen LogP contribution in [0.4, 0.5) is 4.79 Å². The van der Waals surface area contributed by atoms with Gasteiger partial charge in [0.15, 0.2) is 0 Å². The van der Waals surface area contributed by atoms with Crippen LogP contribution < -0.4 is 5.32 Å². The fourth-order valence-corrected chi connectivity index (χ4v) is 4.32. The van der Waals surface area contributed by atoms with Gasteiger partial charge in [-0.2, -0.15) is 0 Å². The monoisotopic (exact) mass is 394 g/mol. The van der Waals surface area contributed by atoms with Crippen LogP contribution in [0.3, 0.4) is 0 Å². The minimum atomic E-state index is -1.02. The summed E-state index contributed by atoms with van der Waals surface area (Å²) in [5.74, 6) is -1.27. The third-order valence-electron chi connectivity index (χ3n) is 5.78. The van der Waals surface area contributed by atoms with Crippen molar-refractivity contribution in [3.63, 3.8) is 0 Å². The maximum Gasteiger partial charge on any atom is 0.407 e. The fourth-order valence-electron chi connectivity index (χ4n) is 4.32. The first-order chi connectivity index (χ1) is 14.0. The average Bonchev–Trinajstić information content (AvgIpc) is 3.15. The van der Waals surface area contributed by atoms with Gasteiger partial charge in [0.1, 0.15) is 6.61 Å². The van der Waals surface area contributed by atoms with Gasteiger partial charge in [-0.15, -0.1) is 0 Å². The SMILES string of the molecule is CN1C(=O)C[C@H](NC(=O)OCC2c3ccccc3-c3ccccc32)[C@H]1CC(=O)O. The van der Waals surface area contributed by atoms with Crippen molar-refractivity contribution < 1.29 is 24.2 Å². The Bertz CT molecular complexity index is 928. The number of benzene rings is 2. The van der Waals surface area contributed by atoms with Crippen LogP contribution in [0, 0.1) is 0 Å². The summed E-state index contributed by atoms with van der Waals surface area (Å²) in [5.41, 5.74) is 4.50. The third kappa shape index (κ3) is 3.55. The number of carboxylic acids is 1. The standard InChI is InChI=1S/C22H22N2O5/c1-24-19(11-21(26)27)18(10-20(24)25)23-22(28)29-12-17-15-8-4-2-6-13(15)14-7-3-5-9-16(14)17/h2-9,17-19H,10-12H2,1H3,(H,23,28)(H,26,27)/t18-,19+/m0/s1. The average molecular weight is 394 g/mol. The van der Waals surface area contributed by atoms with E-state index < -0.39 is 24.1 Å². The molecule has 2 atom stereocenters. The number of nitrogens with zero attached hydrogens (tertiary/aromatic N) is 1. The second-order valence-electron chi connectivity index (χ2n) is 7.45. The highest BCUT2D eigenvalue weighted by Crippen LogP contribution is 2.44. The lowest BCUT2D eigenvalue weighted by Crippen LogP contribution is -2.45. The Morgan fingerprint density at radius 1 is 1.10 bits per heavy atom. The molecule has 2 aromatic rings. The molecule has 4 rings (SSSR count). The molecule has 1 heterocycles. The Hall–Kier alpha value is -3.35. The second-order valence-corrected chi connectivity index (χ2v) is 7.45. The third-order valence-corrected chi connectivity index (χ3v) is 5.78. The topological polar surface area (TPSA) is 95.9 Å². The maximum absolute atomic E-state index is 12.4. The highest BCUT2D eigenvalue weighted by atomic mass is 16.5. The first-order valence-corrected chi connectivity index (χ1v) is 9.54. The summed E-state index contributed by atoms with van der Waals surface area (Å²) in [6.45, 7) is 0.167. The van der Waals surface area contributed by atoms with Gasteiger partial charge in [0.2, 0.25) is 5.91 Å². The molecule has 29 heavy (non-hydrogen) atoms. The number of ether oxygens (including phenoxy) is 1. The minimum Gasteiger partial charge on any atom is -0.481 e. The van der Waals surface area contributed by atoms with Crippen molar-refractivity contribution in [2.24, 2.45) is 0 Å². The van der Waals surface area contributed by atoms with Crippen molar-refractivity contribution >= 4 is 18.0 Å². The Kier molecular flexibility index (Phi) is 4.96. The zero-order valence-electron chi connectivity index (χ0n) is 16.0. The summed E-state index contributed by atoms with van der Waals surface area (Å²) in [6, 6.07) is 14.9. The normalized spacial score (nSPS) is 20.3. The van der Waals surface area contributed by atoms with Gasteiger partial charge in [-0.1, -0.05) is 48.5 Å². The summed E-state index contributed by atoms with van der Waals surface area (Å²) in [4.78, 5) is 36.8. The number of fused-ring (bicyclic) bond motifs is 3. The zero-order valence-corrected chi connectivity index (χ0v) is 16.0. The van der Waals surface area contributed by atoms with Crippen LogP contribution in [0.25, 0.3) is 11.1 Å². The van der Waals surface area contributed by atoms with E-state index in [1.165, 1.54) is 4.90 Å². The predicted molar refractivity (Wildman–Crippen MR) is 105 cm³/mol. The molecule has 0 saturated carbocycles. The van der Waals surface area contributed by atoms with Crippen LogP contribution in [0.5, 0.6) is 0 Å². The predicted octanol–water partition coefficient (Wildman–Crippen LogP) is 2.60. The summed E-state index contributed by atoms with van der Waals surface area (Å²) < 4.78 is 5.50. The van der Waals surface area contributed by atoms with Crippen molar-refractivity contribution in [2.45, 2.75) is 30.8 Å². The van der Waals surface area contributed by atoms with Gasteiger partial charge in [-0.3, -0.25) is 9.59 Å². The zero-order chi connectivity index (χ0) is 20.5. The lowest BCUT2D eigenvalue weighted by molar-refractivity contribution is -0.138. The largest absolute Gasteiger partial charge is 0.481 e. The summed E-state index contributed by atoms with van der Waals surface area (Å²) in [5, 5.41) is 11.8. The van der Waals surface area contributed by atoms with Gasteiger partial charge in [0.25, 0.3) is 0 Å². The van der Waals surface area contributed by atoms with Crippen LogP contribution in [0.1, 0.15) is 29.9 Å². The van der Waals surface area contributed by atoms with Crippen molar-refractivity contribution in [2.75, 3.05) is 13.7 Å². The number of likely N-dealkylation sites (tertiary alicyclic amines) is 1. The molecule has 0 aromatic heterocycles. The molecule has 1 aliphatic carbocycles. The van der Waals surface area contributed by atoms with Crippen LogP contribution in [-0.4, -0.2) is 53.7 Å². The summed E-state index contributed by atoms with van der Waals surface area (Å²) in [7, 11) is 1.55. The number of hydrogen-bond donors (Lipinski definition) is 2. The lowest BCUT2D eigenvalue weighted by atomic mass is 9.98. The molecule has 2 N–H and O–H groups in total. The fraction of sp³-hybridized carbons (Fsp3) is 0.318. The molecular weight excluding hydrogens is 372 g/mol. The summed E-state index contributed by atoms with van der Waals surface area (Å²) >= 11 is 0. The number of carbonyl (C=O) groups is 3. The number of likely N-dealkylation sites (N-methyl/N-ethyl adjacent to an activating group) is 1. The number of rotatable bonds is 5.